The first kappa shape index (κ1) is 20.7. The topological polar surface area (TPSA) is 69.0 Å². The van der Waals surface area contributed by atoms with Gasteiger partial charge >= 0.3 is 0 Å². The van der Waals surface area contributed by atoms with E-state index >= 15 is 0 Å². The van der Waals surface area contributed by atoms with Crippen molar-refractivity contribution >= 4 is 23.4 Å². The molecular formula is C24H22N4O2S. The van der Waals surface area contributed by atoms with Gasteiger partial charge in [0.25, 0.3) is 0 Å². The maximum atomic E-state index is 12.5. The molecule has 3 aromatic carbocycles. The van der Waals surface area contributed by atoms with E-state index in [4.69, 9.17) is 4.74 Å². The smallest absolute Gasteiger partial charge is 0.234 e. The fourth-order valence-corrected chi connectivity index (χ4v) is 3.88. The van der Waals surface area contributed by atoms with Crippen LogP contribution < -0.4 is 10.1 Å². The maximum absolute atomic E-state index is 12.5. The van der Waals surface area contributed by atoms with E-state index in [2.05, 4.69) is 15.5 Å². The summed E-state index contributed by atoms with van der Waals surface area (Å²) in [4.78, 5) is 12.5. The van der Waals surface area contributed by atoms with E-state index in [1.54, 1.807) is 7.11 Å². The first-order valence-corrected chi connectivity index (χ1v) is 10.8. The van der Waals surface area contributed by atoms with Gasteiger partial charge in [0, 0.05) is 16.9 Å². The van der Waals surface area contributed by atoms with E-state index in [-0.39, 0.29) is 11.7 Å². The summed E-state index contributed by atoms with van der Waals surface area (Å²) in [7, 11) is 1.64. The number of rotatable bonds is 7. The quantitative estimate of drug-likeness (QED) is 0.419. The van der Waals surface area contributed by atoms with Gasteiger partial charge in [0.15, 0.2) is 11.0 Å². The highest BCUT2D eigenvalue weighted by Crippen LogP contribution is 2.29. The zero-order valence-corrected chi connectivity index (χ0v) is 18.1. The van der Waals surface area contributed by atoms with Crippen LogP contribution in [0.1, 0.15) is 5.56 Å². The lowest BCUT2D eigenvalue weighted by Crippen LogP contribution is -2.15. The Hall–Kier alpha value is -3.58. The number of carbonyl (C=O) groups is 1. The number of amides is 1. The summed E-state index contributed by atoms with van der Waals surface area (Å²) in [6.07, 6.45) is 0. The molecule has 0 saturated heterocycles. The van der Waals surface area contributed by atoms with Crippen LogP contribution in [0.25, 0.3) is 17.1 Å². The van der Waals surface area contributed by atoms with Crippen LogP contribution in [0.4, 0.5) is 5.69 Å². The molecule has 156 valence electrons. The molecular weight excluding hydrogens is 408 g/mol. The van der Waals surface area contributed by atoms with Crippen molar-refractivity contribution in [3.63, 3.8) is 0 Å². The number of hydrogen-bond donors (Lipinski definition) is 1. The van der Waals surface area contributed by atoms with Gasteiger partial charge < -0.3 is 10.1 Å². The highest BCUT2D eigenvalue weighted by Gasteiger charge is 2.17. The minimum absolute atomic E-state index is 0.0927. The SMILES string of the molecule is COc1ccc(-n2c(SCC(=O)Nc3ccccc3C)nnc2-c2ccccc2)cc1. The number of anilines is 1. The van der Waals surface area contributed by atoms with Crippen LogP contribution in [0.3, 0.4) is 0 Å². The van der Waals surface area contributed by atoms with Crippen molar-refractivity contribution < 1.29 is 9.53 Å². The molecule has 1 heterocycles. The number of para-hydroxylation sites is 1. The number of hydrogen-bond acceptors (Lipinski definition) is 5. The van der Waals surface area contributed by atoms with Crippen molar-refractivity contribution in [3.8, 4) is 22.8 Å². The van der Waals surface area contributed by atoms with Gasteiger partial charge in [-0.05, 0) is 42.8 Å². The molecule has 1 amide bonds. The van der Waals surface area contributed by atoms with Crippen LogP contribution in [0.15, 0.2) is 84.0 Å². The van der Waals surface area contributed by atoms with Crippen LogP contribution in [0.5, 0.6) is 5.75 Å². The van der Waals surface area contributed by atoms with Crippen molar-refractivity contribution in [1.82, 2.24) is 14.8 Å². The minimum atomic E-state index is -0.0927. The third kappa shape index (κ3) is 4.78. The van der Waals surface area contributed by atoms with Crippen molar-refractivity contribution in [2.45, 2.75) is 12.1 Å². The van der Waals surface area contributed by atoms with Gasteiger partial charge in [-0.25, -0.2) is 0 Å². The van der Waals surface area contributed by atoms with E-state index in [0.29, 0.717) is 11.0 Å². The zero-order chi connectivity index (χ0) is 21.6. The number of methoxy groups -OCH3 is 1. The van der Waals surface area contributed by atoms with Crippen molar-refractivity contribution in [2.24, 2.45) is 0 Å². The average Bonchev–Trinajstić information content (AvgIpc) is 3.24. The van der Waals surface area contributed by atoms with Crippen LogP contribution in [-0.2, 0) is 4.79 Å². The van der Waals surface area contributed by atoms with Crippen LogP contribution in [-0.4, -0.2) is 33.5 Å². The number of benzene rings is 3. The van der Waals surface area contributed by atoms with Gasteiger partial charge in [-0.3, -0.25) is 9.36 Å². The Morgan fingerprint density at radius 1 is 0.968 bits per heavy atom. The normalized spacial score (nSPS) is 10.6. The lowest BCUT2D eigenvalue weighted by atomic mass is 10.2. The molecule has 0 radical (unpaired) electrons. The van der Waals surface area contributed by atoms with Crippen LogP contribution >= 0.6 is 11.8 Å². The number of aromatic nitrogens is 3. The van der Waals surface area contributed by atoms with Gasteiger partial charge in [0.2, 0.25) is 5.91 Å². The minimum Gasteiger partial charge on any atom is -0.497 e. The fourth-order valence-electron chi connectivity index (χ4n) is 3.13. The van der Waals surface area contributed by atoms with Crippen LogP contribution in [0, 0.1) is 6.92 Å². The number of nitrogens with one attached hydrogen (secondary N) is 1. The Morgan fingerprint density at radius 2 is 1.68 bits per heavy atom. The molecule has 4 rings (SSSR count). The largest absolute Gasteiger partial charge is 0.497 e. The first-order valence-electron chi connectivity index (χ1n) is 9.79. The molecule has 0 unspecified atom stereocenters. The van der Waals surface area contributed by atoms with Crippen LogP contribution in [0.2, 0.25) is 0 Å². The molecule has 4 aromatic rings. The summed E-state index contributed by atoms with van der Waals surface area (Å²) >= 11 is 1.35. The second-order valence-corrected chi connectivity index (χ2v) is 7.80. The van der Waals surface area contributed by atoms with Gasteiger partial charge in [-0.15, -0.1) is 10.2 Å². The average molecular weight is 431 g/mol. The summed E-state index contributed by atoms with van der Waals surface area (Å²) in [5.74, 6) is 1.61. The Kier molecular flexibility index (Phi) is 6.33. The maximum Gasteiger partial charge on any atom is 0.234 e. The third-order valence-corrected chi connectivity index (χ3v) is 5.68. The number of ether oxygens (including phenoxy) is 1. The van der Waals surface area contributed by atoms with Gasteiger partial charge in [-0.2, -0.15) is 0 Å². The summed E-state index contributed by atoms with van der Waals surface area (Å²) < 4.78 is 7.24. The molecule has 6 nitrogen and oxygen atoms in total. The molecule has 7 heteroatoms. The molecule has 0 atom stereocenters. The van der Waals surface area contributed by atoms with E-state index in [1.165, 1.54) is 11.8 Å². The molecule has 0 aliphatic rings. The van der Waals surface area contributed by atoms with Crippen molar-refractivity contribution in [1.29, 1.82) is 0 Å². The molecule has 0 saturated carbocycles. The Balaban J connectivity index is 1.60. The van der Waals surface area contributed by atoms with E-state index in [9.17, 15) is 4.79 Å². The number of aryl methyl sites for hydroxylation is 1. The Bertz CT molecular complexity index is 1170. The lowest BCUT2D eigenvalue weighted by molar-refractivity contribution is -0.113. The standard InChI is InChI=1S/C24H22N4O2S/c1-17-8-6-7-11-21(17)25-22(29)16-31-24-27-26-23(18-9-4-3-5-10-18)28(24)19-12-14-20(30-2)15-13-19/h3-15H,16H2,1-2H3,(H,25,29). The molecule has 31 heavy (non-hydrogen) atoms. The summed E-state index contributed by atoms with van der Waals surface area (Å²) in [5, 5.41) is 12.4. The highest BCUT2D eigenvalue weighted by molar-refractivity contribution is 7.99. The Labute approximate surface area is 185 Å². The molecule has 0 aliphatic heterocycles. The fraction of sp³-hybridized carbons (Fsp3) is 0.125. The second kappa shape index (κ2) is 9.49. The molecule has 0 spiro atoms. The highest BCUT2D eigenvalue weighted by atomic mass is 32.2. The molecule has 1 aromatic heterocycles. The zero-order valence-electron chi connectivity index (χ0n) is 17.3. The predicted molar refractivity (Wildman–Crippen MR) is 124 cm³/mol. The number of nitrogens with zero attached hydrogens (tertiary/aromatic N) is 3. The summed E-state index contributed by atoms with van der Waals surface area (Å²) in [5.41, 5.74) is 3.68. The molecule has 0 aliphatic carbocycles. The van der Waals surface area contributed by atoms with Gasteiger partial charge in [0.05, 0.1) is 12.9 Å². The van der Waals surface area contributed by atoms with Gasteiger partial charge in [0.1, 0.15) is 5.75 Å². The van der Waals surface area contributed by atoms with E-state index in [0.717, 1.165) is 28.3 Å². The number of thioether (sulfide) groups is 1. The molecule has 1 N–H and O–H groups in total. The van der Waals surface area contributed by atoms with Gasteiger partial charge in [-0.1, -0.05) is 60.3 Å². The van der Waals surface area contributed by atoms with Crippen molar-refractivity contribution in [3.05, 3.63) is 84.4 Å². The molecule has 0 bridgehead atoms. The first-order chi connectivity index (χ1) is 15.2. The predicted octanol–water partition coefficient (Wildman–Crippen LogP) is 4.98. The third-order valence-electron chi connectivity index (χ3n) is 4.75. The summed E-state index contributed by atoms with van der Waals surface area (Å²) in [6, 6.07) is 25.3. The number of carbonyl (C=O) groups excluding carboxylic acids is 1. The molecule has 0 fully saturated rings. The Morgan fingerprint density at radius 3 is 2.39 bits per heavy atom. The lowest BCUT2D eigenvalue weighted by Gasteiger charge is -2.11. The van der Waals surface area contributed by atoms with E-state index < -0.39 is 0 Å². The van der Waals surface area contributed by atoms with Crippen molar-refractivity contribution in [2.75, 3.05) is 18.2 Å². The second-order valence-electron chi connectivity index (χ2n) is 6.86. The monoisotopic (exact) mass is 430 g/mol. The summed E-state index contributed by atoms with van der Waals surface area (Å²) in [6.45, 7) is 1.97. The van der Waals surface area contributed by atoms with E-state index in [1.807, 2.05) is 90.4 Å².